The molecule has 0 atom stereocenters. The number of para-hydroxylation sites is 4. The molecule has 3 amide bonds. The molecular weight excluding hydrogens is 1450 g/mol. The van der Waals surface area contributed by atoms with Crippen LogP contribution in [0.25, 0.3) is 48.9 Å². The number of halogens is 13. The number of carbonyl (C=O) groups is 3. The number of alkyl halides is 9. The summed E-state index contributed by atoms with van der Waals surface area (Å²) in [6.45, 7) is 0.437. The van der Waals surface area contributed by atoms with E-state index in [4.69, 9.17) is 74.6 Å². The minimum absolute atomic E-state index is 0. The van der Waals surface area contributed by atoms with Crippen LogP contribution in [0.15, 0.2) is 199 Å². The number of anilines is 8. The molecule has 0 fully saturated rings. The Morgan fingerprint density at radius 3 is 1.37 bits per heavy atom. The SMILES string of the molecule is C.FC(F)c1nnn2c1-c1ccccc1N(c1ccc(Cl)cc1)CC2.O=C(CCl)N(c1ccc(Cl)cc1)c1ccccc1C#CC(F)F.O=C1Cn2nnc(C(F)F)c2-c2ccccc2N1c1ccc(Cl)cc1.[N-]=[N+]=NCC(=O)N(c1ccc(Cl)cc1)c1ccccc1C#CC(F)F.[N-]=[N+]=[N-].[Na+]. The van der Waals surface area contributed by atoms with Crippen LogP contribution in [0.1, 0.15) is 42.8 Å². The normalized spacial score (nSPS) is 11.3. The average molecular weight is 1500 g/mol. The van der Waals surface area contributed by atoms with E-state index in [1.54, 1.807) is 156 Å². The third kappa shape index (κ3) is 20.8. The molecule has 2 aromatic heterocycles. The minimum atomic E-state index is -2.80. The molecule has 0 unspecified atom stereocenters. The summed E-state index contributed by atoms with van der Waals surface area (Å²) in [7, 11) is 0. The van der Waals surface area contributed by atoms with Crippen molar-refractivity contribution in [2.75, 3.05) is 38.6 Å². The quantitative estimate of drug-likeness (QED) is 0.0229. The number of nitrogens with zero attached hydrogens (tertiary/aromatic N) is 16. The van der Waals surface area contributed by atoms with Crippen LogP contribution in [0.3, 0.4) is 0 Å². The van der Waals surface area contributed by atoms with Crippen molar-refractivity contribution in [3.63, 3.8) is 0 Å². The standard InChI is InChI=1S/C17H11Cl2F2NO.2C17H11ClF2N4O.C17H13ClF2N4.CH4.N3.Na/c18-11-17(23)22(14-8-6-13(19)7-9-14)15-4-2-1-3-12(15)5-10-16(20)21;18-10-5-7-11(8-6-10)24-13-4-2-1-3-12(13)16-15(17(19)20)21-22-23(16)9-14(24)25;18-13-6-8-14(9-7-13)24(17(25)11-22-23-21)15-4-2-1-3-12(15)5-10-16(19)20;18-11-5-7-12(8-6-11)23-9-10-24-16(15(17(19)20)21-22-24)13-3-1-2-4-14(13)23;;1-3-2;/h1-4,6-9,16H,11H2;1-8,17H,9H2;1-4,6-9,16H,11H2;1-8,17H,9-10H2;1H4;;/q;;;;;-1;+1. The third-order valence-electron chi connectivity index (χ3n) is 14.1. The van der Waals surface area contributed by atoms with Crippen LogP contribution in [0.5, 0.6) is 0 Å². The first-order chi connectivity index (χ1) is 48.2. The van der Waals surface area contributed by atoms with Gasteiger partial charge in [-0.05, 0) is 151 Å². The Hall–Kier alpha value is -10.1. The number of rotatable bonds is 11. The molecule has 0 N–H and O–H groups in total. The number of aromatic nitrogens is 6. The van der Waals surface area contributed by atoms with Crippen molar-refractivity contribution in [3.05, 3.63) is 263 Å². The van der Waals surface area contributed by atoms with Crippen LogP contribution < -0.4 is 49.2 Å². The van der Waals surface area contributed by atoms with Crippen molar-refractivity contribution >= 4 is 121 Å². The Morgan fingerprint density at radius 2 is 0.922 bits per heavy atom. The van der Waals surface area contributed by atoms with Gasteiger partial charge in [-0.3, -0.25) is 34.0 Å². The zero-order chi connectivity index (χ0) is 72.0. The molecular formula is C69H50Cl5F8N16NaO3. The molecule has 12 rings (SSSR count). The van der Waals surface area contributed by atoms with Crippen LogP contribution in [0, 0.1) is 23.7 Å². The molecule has 2 aliphatic rings. The van der Waals surface area contributed by atoms with Gasteiger partial charge in [-0.25, -0.2) is 26.9 Å². The first kappa shape index (κ1) is 80.9. The average Bonchev–Trinajstić information content (AvgIpc) is 1.62. The van der Waals surface area contributed by atoms with E-state index in [0.717, 1.165) is 11.4 Å². The van der Waals surface area contributed by atoms with Crippen LogP contribution >= 0.6 is 58.0 Å². The molecule has 4 heterocycles. The van der Waals surface area contributed by atoms with Gasteiger partial charge in [0.25, 0.3) is 31.6 Å². The molecule has 2 aliphatic heterocycles. The van der Waals surface area contributed by atoms with E-state index < -0.39 is 49.8 Å². The molecule has 19 nitrogen and oxygen atoms in total. The van der Waals surface area contributed by atoms with Gasteiger partial charge in [0, 0.05) is 76.6 Å². The van der Waals surface area contributed by atoms with E-state index in [0.29, 0.717) is 89.7 Å². The maximum atomic E-state index is 13.3. The Kier molecular flexibility index (Phi) is 31.1. The zero-order valence-corrected chi connectivity index (χ0v) is 57.9. The van der Waals surface area contributed by atoms with Crippen LogP contribution in [-0.2, 0) is 27.5 Å². The van der Waals surface area contributed by atoms with Gasteiger partial charge < -0.3 is 16.0 Å². The number of azide groups is 1. The zero-order valence-electron chi connectivity index (χ0n) is 52.1. The predicted octanol–water partition coefficient (Wildman–Crippen LogP) is 17.2. The summed E-state index contributed by atoms with van der Waals surface area (Å²) in [4.78, 5) is 47.8. The van der Waals surface area contributed by atoms with Crippen molar-refractivity contribution in [1.82, 2.24) is 30.0 Å². The molecule has 0 saturated carbocycles. The molecule has 33 heteroatoms. The van der Waals surface area contributed by atoms with Crippen molar-refractivity contribution < 1.29 is 79.1 Å². The Balaban J connectivity index is 0.000000210. The summed E-state index contributed by atoms with van der Waals surface area (Å²) < 4.78 is 106. The summed E-state index contributed by atoms with van der Waals surface area (Å²) in [5.41, 5.74) is 28.0. The second-order valence-electron chi connectivity index (χ2n) is 20.2. The fraction of sp³-hybridized carbons (Fsp3) is 0.145. The van der Waals surface area contributed by atoms with E-state index in [-0.39, 0.29) is 72.3 Å². The minimum Gasteiger partial charge on any atom is -0.373 e. The van der Waals surface area contributed by atoms with E-state index in [1.165, 1.54) is 30.4 Å². The van der Waals surface area contributed by atoms with Gasteiger partial charge in [0.2, 0.25) is 11.8 Å². The number of carbonyl (C=O) groups excluding carboxylic acids is 3. The Bertz CT molecular complexity index is 4740. The van der Waals surface area contributed by atoms with E-state index in [9.17, 15) is 49.5 Å². The molecule has 10 aromatic rings. The molecule has 516 valence electrons. The number of amides is 3. The monoisotopic (exact) mass is 1500 g/mol. The molecule has 0 saturated heterocycles. The molecule has 0 aliphatic carbocycles. The van der Waals surface area contributed by atoms with Gasteiger partial charge in [-0.1, -0.05) is 142 Å². The molecule has 0 spiro atoms. The summed E-state index contributed by atoms with van der Waals surface area (Å²) in [6, 6.07) is 54.3. The Morgan fingerprint density at radius 1 is 0.529 bits per heavy atom. The smallest absolute Gasteiger partial charge is 0.373 e. The summed E-state index contributed by atoms with van der Waals surface area (Å²) in [5.74, 6) is 6.82. The van der Waals surface area contributed by atoms with E-state index in [2.05, 4.69) is 47.4 Å². The Labute approximate surface area is 625 Å². The van der Waals surface area contributed by atoms with Crippen molar-refractivity contribution in [1.29, 1.82) is 0 Å². The number of hydrogen-bond acceptors (Lipinski definition) is 9. The van der Waals surface area contributed by atoms with E-state index >= 15 is 0 Å². The van der Waals surface area contributed by atoms with Crippen molar-refractivity contribution in [2.24, 2.45) is 5.11 Å². The second-order valence-corrected chi connectivity index (χ2v) is 22.2. The summed E-state index contributed by atoms with van der Waals surface area (Å²) in [5, 5.41) is 20.3. The number of hydrogen-bond donors (Lipinski definition) is 0. The van der Waals surface area contributed by atoms with Gasteiger partial charge in [-0.15, -0.1) is 21.8 Å². The summed E-state index contributed by atoms with van der Waals surface area (Å²) >= 11 is 29.3. The van der Waals surface area contributed by atoms with E-state index in [1.807, 2.05) is 48.5 Å². The van der Waals surface area contributed by atoms with Gasteiger partial charge in [0.1, 0.15) is 24.7 Å². The number of benzene rings is 8. The molecule has 8 aromatic carbocycles. The van der Waals surface area contributed by atoms with Gasteiger partial charge >= 0.3 is 29.6 Å². The predicted molar refractivity (Wildman–Crippen MR) is 375 cm³/mol. The molecule has 0 bridgehead atoms. The first-order valence-corrected chi connectivity index (χ1v) is 31.0. The summed E-state index contributed by atoms with van der Waals surface area (Å²) in [6.07, 6.45) is -11.0. The van der Waals surface area contributed by atoms with Gasteiger partial charge in [-0.2, -0.15) is 17.6 Å². The van der Waals surface area contributed by atoms with Gasteiger partial charge in [0.15, 0.2) is 11.4 Å². The van der Waals surface area contributed by atoms with Gasteiger partial charge in [0.05, 0.1) is 35.0 Å². The largest absolute Gasteiger partial charge is 1.00 e. The fourth-order valence-electron chi connectivity index (χ4n) is 10.0. The maximum Gasteiger partial charge on any atom is 1.00 e. The maximum absolute atomic E-state index is 13.3. The fourth-order valence-corrected chi connectivity index (χ4v) is 10.6. The van der Waals surface area contributed by atoms with Crippen molar-refractivity contribution in [2.45, 2.75) is 46.2 Å². The van der Waals surface area contributed by atoms with Crippen molar-refractivity contribution in [3.8, 4) is 46.2 Å². The van der Waals surface area contributed by atoms with Crippen LogP contribution in [0.2, 0.25) is 20.1 Å². The molecule has 102 heavy (non-hydrogen) atoms. The van der Waals surface area contributed by atoms with Crippen LogP contribution in [-0.4, -0.2) is 79.5 Å². The third-order valence-corrected chi connectivity index (χ3v) is 15.3. The molecule has 0 radical (unpaired) electrons. The number of fused-ring (bicyclic) bond motifs is 6. The first-order valence-electron chi connectivity index (χ1n) is 28.9. The van der Waals surface area contributed by atoms with Crippen LogP contribution in [0.4, 0.5) is 80.6 Å². The second kappa shape index (κ2) is 39.2. The topological polar surface area (TPSA) is 233 Å².